The molecule has 2 N–H and O–H groups in total. The van der Waals surface area contributed by atoms with Crippen LogP contribution in [0.4, 0.5) is 11.6 Å². The third-order valence-electron chi connectivity index (χ3n) is 3.46. The van der Waals surface area contributed by atoms with Gasteiger partial charge in [-0.15, -0.1) is 10.2 Å². The van der Waals surface area contributed by atoms with Gasteiger partial charge in [-0.05, 0) is 31.2 Å². The number of H-pyrrole nitrogens is 1. The van der Waals surface area contributed by atoms with Gasteiger partial charge in [-0.3, -0.25) is 9.78 Å². The zero-order chi connectivity index (χ0) is 19.2. The largest absolute Gasteiger partial charge is 0.460 e. The zero-order valence-corrected chi connectivity index (χ0v) is 15.5. The van der Waals surface area contributed by atoms with Crippen LogP contribution < -0.4 is 10.9 Å². The molecular formula is C18H24N4O4. The number of anilines is 2. The van der Waals surface area contributed by atoms with Crippen molar-refractivity contribution in [3.05, 3.63) is 45.9 Å². The minimum Gasteiger partial charge on any atom is -0.460 e. The van der Waals surface area contributed by atoms with Gasteiger partial charge in [0.05, 0.1) is 12.2 Å². The number of aromatic nitrogens is 3. The van der Waals surface area contributed by atoms with Crippen LogP contribution in [0.25, 0.3) is 0 Å². The number of ether oxygens (including phenoxy) is 2. The van der Waals surface area contributed by atoms with Crippen LogP contribution in [0.2, 0.25) is 0 Å². The van der Waals surface area contributed by atoms with Crippen molar-refractivity contribution in [1.29, 1.82) is 0 Å². The molecular weight excluding hydrogens is 336 g/mol. The van der Waals surface area contributed by atoms with E-state index in [-0.39, 0.29) is 23.5 Å². The van der Waals surface area contributed by atoms with Crippen molar-refractivity contribution in [2.45, 2.75) is 33.1 Å². The highest BCUT2D eigenvalue weighted by molar-refractivity contribution is 5.89. The fourth-order valence-corrected chi connectivity index (χ4v) is 2.13. The van der Waals surface area contributed by atoms with Crippen molar-refractivity contribution in [3.8, 4) is 0 Å². The maximum atomic E-state index is 12.1. The summed E-state index contributed by atoms with van der Waals surface area (Å²) in [5.41, 5.74) is 0.778. The second kappa shape index (κ2) is 8.57. The van der Waals surface area contributed by atoms with E-state index in [1.165, 1.54) is 0 Å². The van der Waals surface area contributed by atoms with Crippen LogP contribution in [-0.4, -0.2) is 41.0 Å². The Kier molecular flexibility index (Phi) is 6.46. The number of rotatable bonds is 7. The van der Waals surface area contributed by atoms with Crippen molar-refractivity contribution >= 4 is 17.6 Å². The molecule has 140 valence electrons. The lowest BCUT2D eigenvalue weighted by Crippen LogP contribution is -2.28. The molecule has 1 aromatic heterocycles. The molecule has 1 heterocycles. The van der Waals surface area contributed by atoms with Crippen LogP contribution >= 0.6 is 0 Å². The molecule has 0 atom stereocenters. The van der Waals surface area contributed by atoms with Gasteiger partial charge in [0.2, 0.25) is 5.95 Å². The summed E-state index contributed by atoms with van der Waals surface area (Å²) in [5, 5.41) is 10.9. The normalized spacial score (nSPS) is 11.2. The van der Waals surface area contributed by atoms with E-state index >= 15 is 0 Å². The Morgan fingerprint density at radius 1 is 1.15 bits per heavy atom. The smallest absolute Gasteiger partial charge is 0.338 e. The maximum Gasteiger partial charge on any atom is 0.338 e. The van der Waals surface area contributed by atoms with Crippen LogP contribution in [0.3, 0.4) is 0 Å². The molecule has 0 spiro atoms. The summed E-state index contributed by atoms with van der Waals surface area (Å²) in [7, 11) is 0. The topological polar surface area (TPSA) is 106 Å². The molecule has 26 heavy (non-hydrogen) atoms. The molecule has 2 aromatic rings. The van der Waals surface area contributed by atoms with E-state index < -0.39 is 5.97 Å². The minimum absolute atomic E-state index is 0.212. The Labute approximate surface area is 152 Å². The van der Waals surface area contributed by atoms with E-state index in [4.69, 9.17) is 9.47 Å². The molecule has 0 saturated heterocycles. The second-order valence-electron chi connectivity index (χ2n) is 6.64. The lowest BCUT2D eigenvalue weighted by atomic mass is 9.93. The van der Waals surface area contributed by atoms with Crippen molar-refractivity contribution in [3.63, 3.8) is 0 Å². The molecule has 8 nitrogen and oxygen atoms in total. The van der Waals surface area contributed by atoms with Crippen LogP contribution in [-0.2, 0) is 14.9 Å². The molecule has 1 aromatic carbocycles. The lowest BCUT2D eigenvalue weighted by molar-refractivity contribution is 0.0335. The standard InChI is InChI=1S/C18H24N4O4/c1-5-25-10-11-26-16(24)12-6-8-13(9-7-12)19-17-20-15(23)14(21-22-17)18(2,3)4/h6-9H,5,10-11H2,1-4H3,(H2,19,20,22,23). The number of aromatic amines is 1. The highest BCUT2D eigenvalue weighted by Crippen LogP contribution is 2.17. The highest BCUT2D eigenvalue weighted by Gasteiger charge is 2.20. The SMILES string of the molecule is CCOCCOC(=O)c1ccc(Nc2nnc(C(C)(C)C)c(=O)[nH]2)cc1. The first-order valence-electron chi connectivity index (χ1n) is 8.40. The molecule has 0 aliphatic carbocycles. The number of carbonyl (C=O) groups excluding carboxylic acids is 1. The van der Waals surface area contributed by atoms with E-state index in [9.17, 15) is 9.59 Å². The molecule has 0 radical (unpaired) electrons. The average Bonchev–Trinajstić information content (AvgIpc) is 2.58. The van der Waals surface area contributed by atoms with Crippen molar-refractivity contribution in [2.75, 3.05) is 25.1 Å². The summed E-state index contributed by atoms with van der Waals surface area (Å²) >= 11 is 0. The number of hydrogen-bond acceptors (Lipinski definition) is 7. The summed E-state index contributed by atoms with van der Waals surface area (Å²) in [6.45, 7) is 8.73. The molecule has 0 aliphatic rings. The third-order valence-corrected chi connectivity index (χ3v) is 3.46. The average molecular weight is 360 g/mol. The minimum atomic E-state index is -0.418. The van der Waals surface area contributed by atoms with Crippen molar-refractivity contribution in [2.24, 2.45) is 0 Å². The Hall–Kier alpha value is -2.74. The molecule has 2 rings (SSSR count). The Balaban J connectivity index is 2.00. The monoisotopic (exact) mass is 360 g/mol. The molecule has 0 bridgehead atoms. The predicted molar refractivity (Wildman–Crippen MR) is 97.9 cm³/mol. The van der Waals surface area contributed by atoms with E-state index in [1.54, 1.807) is 24.3 Å². The fourth-order valence-electron chi connectivity index (χ4n) is 2.13. The highest BCUT2D eigenvalue weighted by atomic mass is 16.6. The predicted octanol–water partition coefficient (Wildman–Crippen LogP) is 2.40. The number of esters is 1. The van der Waals surface area contributed by atoms with Gasteiger partial charge in [-0.25, -0.2) is 4.79 Å². The first-order valence-corrected chi connectivity index (χ1v) is 8.40. The van der Waals surface area contributed by atoms with E-state index in [2.05, 4.69) is 20.5 Å². The molecule has 0 saturated carbocycles. The Morgan fingerprint density at radius 3 is 2.42 bits per heavy atom. The van der Waals surface area contributed by atoms with Crippen LogP contribution in [0.1, 0.15) is 43.7 Å². The second-order valence-corrected chi connectivity index (χ2v) is 6.64. The summed E-state index contributed by atoms with van der Waals surface area (Å²) in [6.07, 6.45) is 0. The summed E-state index contributed by atoms with van der Waals surface area (Å²) < 4.78 is 10.2. The molecule has 8 heteroatoms. The number of carbonyl (C=O) groups is 1. The van der Waals surface area contributed by atoms with Gasteiger partial charge in [0.15, 0.2) is 0 Å². The molecule has 0 amide bonds. The van der Waals surface area contributed by atoms with Gasteiger partial charge in [0, 0.05) is 17.7 Å². The first kappa shape index (κ1) is 19.6. The summed E-state index contributed by atoms with van der Waals surface area (Å²) in [5.74, 6) is -0.186. The molecule has 0 unspecified atom stereocenters. The summed E-state index contributed by atoms with van der Waals surface area (Å²) in [6, 6.07) is 6.63. The van der Waals surface area contributed by atoms with Gasteiger partial charge in [-0.2, -0.15) is 0 Å². The van der Waals surface area contributed by atoms with Gasteiger partial charge < -0.3 is 14.8 Å². The lowest BCUT2D eigenvalue weighted by Gasteiger charge is -2.15. The quantitative estimate of drug-likeness (QED) is 0.577. The van der Waals surface area contributed by atoms with Gasteiger partial charge in [0.25, 0.3) is 5.56 Å². The fraction of sp³-hybridized carbons (Fsp3) is 0.444. The van der Waals surface area contributed by atoms with E-state index in [0.717, 1.165) is 0 Å². The van der Waals surface area contributed by atoms with Gasteiger partial charge in [0.1, 0.15) is 12.3 Å². The summed E-state index contributed by atoms with van der Waals surface area (Å²) in [4.78, 5) is 26.6. The molecule has 0 fully saturated rings. The van der Waals surface area contributed by atoms with Crippen molar-refractivity contribution in [1.82, 2.24) is 15.2 Å². The van der Waals surface area contributed by atoms with Crippen molar-refractivity contribution < 1.29 is 14.3 Å². The van der Waals surface area contributed by atoms with Crippen LogP contribution in [0, 0.1) is 0 Å². The molecule has 0 aliphatic heterocycles. The number of nitrogens with zero attached hydrogens (tertiary/aromatic N) is 2. The maximum absolute atomic E-state index is 12.1. The van der Waals surface area contributed by atoms with Gasteiger partial charge >= 0.3 is 5.97 Å². The number of benzene rings is 1. The third kappa shape index (κ3) is 5.38. The van der Waals surface area contributed by atoms with Crippen LogP contribution in [0.5, 0.6) is 0 Å². The van der Waals surface area contributed by atoms with Gasteiger partial charge in [-0.1, -0.05) is 20.8 Å². The van der Waals surface area contributed by atoms with Crippen LogP contribution in [0.15, 0.2) is 29.1 Å². The Morgan fingerprint density at radius 2 is 1.85 bits per heavy atom. The van der Waals surface area contributed by atoms with E-state index in [0.29, 0.717) is 30.2 Å². The number of nitrogens with one attached hydrogen (secondary N) is 2. The zero-order valence-electron chi connectivity index (χ0n) is 15.5. The first-order chi connectivity index (χ1) is 12.3. The van der Waals surface area contributed by atoms with E-state index in [1.807, 2.05) is 27.7 Å². The number of hydrogen-bond donors (Lipinski definition) is 2. The Bertz CT molecular complexity index is 794.